The van der Waals surface area contributed by atoms with Gasteiger partial charge in [0.25, 0.3) is 0 Å². The number of hydrogen-bond donors (Lipinski definition) is 2. The normalized spacial score (nSPS) is 12.6. The number of amides is 1. The number of hydrogen-bond acceptors (Lipinski definition) is 3. The summed E-state index contributed by atoms with van der Waals surface area (Å²) in [5.41, 5.74) is 0.566. The van der Waals surface area contributed by atoms with Crippen LogP contribution in [0.1, 0.15) is 5.56 Å². The monoisotopic (exact) mass is 277 g/mol. The summed E-state index contributed by atoms with van der Waals surface area (Å²) in [5.74, 6) is -2.20. The molecule has 0 saturated carbocycles. The van der Waals surface area contributed by atoms with Crippen LogP contribution in [0.15, 0.2) is 30.3 Å². The summed E-state index contributed by atoms with van der Waals surface area (Å²) >= 11 is 0. The van der Waals surface area contributed by atoms with Gasteiger partial charge in [-0.15, -0.1) is 0 Å². The van der Waals surface area contributed by atoms with Crippen molar-refractivity contribution in [1.82, 2.24) is 5.32 Å². The van der Waals surface area contributed by atoms with E-state index in [-0.39, 0.29) is 6.61 Å². The van der Waals surface area contributed by atoms with Gasteiger partial charge in [-0.05, 0) is 5.56 Å². The zero-order valence-corrected chi connectivity index (χ0v) is 9.48. The summed E-state index contributed by atoms with van der Waals surface area (Å²) in [6.45, 7) is -0.253. The molecule has 1 rings (SSSR count). The van der Waals surface area contributed by atoms with Crippen molar-refractivity contribution in [3.8, 4) is 0 Å². The van der Waals surface area contributed by atoms with E-state index >= 15 is 0 Å². The second-order valence-corrected chi connectivity index (χ2v) is 3.52. The molecule has 1 amide bonds. The van der Waals surface area contributed by atoms with Gasteiger partial charge in [0.2, 0.25) is 6.04 Å². The first-order valence-electron chi connectivity index (χ1n) is 5.07. The van der Waals surface area contributed by atoms with E-state index < -0.39 is 24.3 Å². The Hall–Kier alpha value is -2.25. The van der Waals surface area contributed by atoms with Crippen LogP contribution >= 0.6 is 0 Å². The third-order valence-corrected chi connectivity index (χ3v) is 2.05. The minimum absolute atomic E-state index is 0.253. The third kappa shape index (κ3) is 4.86. The SMILES string of the molecule is O=C(NC(C(=O)O)C(F)(F)F)OCc1ccccc1. The van der Waals surface area contributed by atoms with Gasteiger partial charge in [0.1, 0.15) is 6.61 Å². The molecule has 0 bridgehead atoms. The van der Waals surface area contributed by atoms with Gasteiger partial charge in [-0.25, -0.2) is 9.59 Å². The van der Waals surface area contributed by atoms with Crippen LogP contribution in [-0.4, -0.2) is 29.4 Å². The van der Waals surface area contributed by atoms with Crippen molar-refractivity contribution in [2.24, 2.45) is 0 Å². The summed E-state index contributed by atoms with van der Waals surface area (Å²) in [4.78, 5) is 21.4. The molecule has 1 atom stereocenters. The number of alkyl carbamates (subject to hydrolysis) is 1. The number of halogens is 3. The molecule has 5 nitrogen and oxygen atoms in total. The van der Waals surface area contributed by atoms with Gasteiger partial charge < -0.3 is 9.84 Å². The first-order valence-corrected chi connectivity index (χ1v) is 5.07. The Labute approximate surface area is 106 Å². The van der Waals surface area contributed by atoms with Crippen molar-refractivity contribution in [2.75, 3.05) is 0 Å². The Morgan fingerprint density at radius 3 is 2.32 bits per heavy atom. The van der Waals surface area contributed by atoms with Crippen LogP contribution in [0.2, 0.25) is 0 Å². The zero-order chi connectivity index (χ0) is 14.5. The molecule has 0 aliphatic rings. The summed E-state index contributed by atoms with van der Waals surface area (Å²) in [5, 5.41) is 9.59. The Balaban J connectivity index is 2.52. The van der Waals surface area contributed by atoms with Crippen LogP contribution in [0.3, 0.4) is 0 Å². The smallest absolute Gasteiger partial charge is 0.419 e. The number of carbonyl (C=O) groups is 2. The molecule has 104 valence electrons. The predicted octanol–water partition coefficient (Wildman–Crippen LogP) is 1.93. The maximum Gasteiger partial charge on any atom is 0.419 e. The van der Waals surface area contributed by atoms with Crippen LogP contribution < -0.4 is 5.32 Å². The van der Waals surface area contributed by atoms with Crippen LogP contribution in [0.5, 0.6) is 0 Å². The van der Waals surface area contributed by atoms with Crippen molar-refractivity contribution in [3.05, 3.63) is 35.9 Å². The lowest BCUT2D eigenvalue weighted by Crippen LogP contribution is -2.50. The Morgan fingerprint density at radius 2 is 1.84 bits per heavy atom. The molecular weight excluding hydrogens is 267 g/mol. The number of carboxylic acid groups (broad SMARTS) is 1. The van der Waals surface area contributed by atoms with E-state index in [0.717, 1.165) is 0 Å². The number of rotatable bonds is 4. The number of alkyl halides is 3. The van der Waals surface area contributed by atoms with Gasteiger partial charge in [0, 0.05) is 0 Å². The fourth-order valence-corrected chi connectivity index (χ4v) is 1.17. The molecule has 0 saturated heterocycles. The van der Waals surface area contributed by atoms with Gasteiger partial charge >= 0.3 is 18.2 Å². The molecule has 0 radical (unpaired) electrons. The molecule has 1 aromatic carbocycles. The van der Waals surface area contributed by atoms with Crippen molar-refractivity contribution < 1.29 is 32.6 Å². The molecule has 8 heteroatoms. The van der Waals surface area contributed by atoms with Crippen LogP contribution in [0, 0.1) is 0 Å². The molecule has 1 unspecified atom stereocenters. The third-order valence-electron chi connectivity index (χ3n) is 2.05. The van der Waals surface area contributed by atoms with Crippen molar-refractivity contribution >= 4 is 12.1 Å². The average Bonchev–Trinajstić information content (AvgIpc) is 2.33. The van der Waals surface area contributed by atoms with Crippen molar-refractivity contribution in [2.45, 2.75) is 18.8 Å². The van der Waals surface area contributed by atoms with Crippen molar-refractivity contribution in [1.29, 1.82) is 0 Å². The summed E-state index contributed by atoms with van der Waals surface area (Å²) < 4.78 is 41.2. The van der Waals surface area contributed by atoms with E-state index in [2.05, 4.69) is 4.74 Å². The lowest BCUT2D eigenvalue weighted by molar-refractivity contribution is -0.178. The molecule has 0 heterocycles. The lowest BCUT2D eigenvalue weighted by Gasteiger charge is -2.17. The quantitative estimate of drug-likeness (QED) is 0.881. The molecule has 0 spiro atoms. The first kappa shape index (κ1) is 14.8. The van der Waals surface area contributed by atoms with Gasteiger partial charge in [-0.3, -0.25) is 5.32 Å². The minimum Gasteiger partial charge on any atom is -0.479 e. The second-order valence-electron chi connectivity index (χ2n) is 3.52. The van der Waals surface area contributed by atoms with Crippen LogP contribution in [0.4, 0.5) is 18.0 Å². The average molecular weight is 277 g/mol. The highest BCUT2D eigenvalue weighted by molar-refractivity contribution is 5.80. The first-order chi connectivity index (χ1) is 8.80. The number of carboxylic acids is 1. The Kier molecular flexibility index (Phi) is 4.74. The van der Waals surface area contributed by atoms with E-state index in [1.54, 1.807) is 30.3 Å². The fourth-order valence-electron chi connectivity index (χ4n) is 1.17. The zero-order valence-electron chi connectivity index (χ0n) is 9.48. The van der Waals surface area contributed by atoms with E-state index in [4.69, 9.17) is 5.11 Å². The highest BCUT2D eigenvalue weighted by Crippen LogP contribution is 2.20. The molecule has 0 aliphatic carbocycles. The van der Waals surface area contributed by atoms with Crippen molar-refractivity contribution in [3.63, 3.8) is 0 Å². The van der Waals surface area contributed by atoms with Gasteiger partial charge in [0.05, 0.1) is 0 Å². The van der Waals surface area contributed by atoms with E-state index in [1.165, 1.54) is 5.32 Å². The van der Waals surface area contributed by atoms with E-state index in [1.807, 2.05) is 0 Å². The van der Waals surface area contributed by atoms with Crippen LogP contribution in [0.25, 0.3) is 0 Å². The highest BCUT2D eigenvalue weighted by atomic mass is 19.4. The van der Waals surface area contributed by atoms with E-state index in [0.29, 0.717) is 5.56 Å². The Morgan fingerprint density at radius 1 is 1.26 bits per heavy atom. The lowest BCUT2D eigenvalue weighted by atomic mass is 10.2. The Bertz CT molecular complexity index is 447. The number of ether oxygens (including phenoxy) is 1. The maximum absolute atomic E-state index is 12.2. The molecule has 0 fully saturated rings. The predicted molar refractivity (Wildman–Crippen MR) is 57.2 cm³/mol. The topological polar surface area (TPSA) is 75.6 Å². The summed E-state index contributed by atoms with van der Waals surface area (Å²) in [6, 6.07) is 5.25. The molecular formula is C11H10F3NO4. The number of benzene rings is 1. The van der Waals surface area contributed by atoms with Crippen LogP contribution in [-0.2, 0) is 16.1 Å². The minimum atomic E-state index is -5.09. The van der Waals surface area contributed by atoms with Gasteiger partial charge in [-0.2, -0.15) is 13.2 Å². The summed E-state index contributed by atoms with van der Waals surface area (Å²) in [6.07, 6.45) is -6.54. The van der Waals surface area contributed by atoms with Gasteiger partial charge in [0.15, 0.2) is 0 Å². The molecule has 0 aliphatic heterocycles. The fraction of sp³-hybridized carbons (Fsp3) is 0.273. The number of carbonyl (C=O) groups excluding carboxylic acids is 1. The highest BCUT2D eigenvalue weighted by Gasteiger charge is 2.46. The largest absolute Gasteiger partial charge is 0.479 e. The summed E-state index contributed by atoms with van der Waals surface area (Å²) in [7, 11) is 0. The second kappa shape index (κ2) is 6.07. The molecule has 2 N–H and O–H groups in total. The molecule has 0 aromatic heterocycles. The number of aliphatic carboxylic acids is 1. The number of nitrogens with one attached hydrogen (secondary N) is 1. The van der Waals surface area contributed by atoms with Gasteiger partial charge in [-0.1, -0.05) is 30.3 Å². The maximum atomic E-state index is 12.2. The molecule has 19 heavy (non-hydrogen) atoms. The van der Waals surface area contributed by atoms with E-state index in [9.17, 15) is 22.8 Å². The molecule has 1 aromatic rings. The standard InChI is InChI=1S/C11H10F3NO4/c12-11(13,14)8(9(16)17)15-10(18)19-6-7-4-2-1-3-5-7/h1-5,8H,6H2,(H,15,18)(H,16,17).